The van der Waals surface area contributed by atoms with Gasteiger partial charge in [-0.2, -0.15) is 0 Å². The van der Waals surface area contributed by atoms with Crippen molar-refractivity contribution in [3.05, 3.63) is 100.0 Å². The molecule has 4 nitrogen and oxygen atoms in total. The molecule has 1 aliphatic rings. The molecule has 0 spiro atoms. The van der Waals surface area contributed by atoms with Gasteiger partial charge in [-0.05, 0) is 71.2 Å². The van der Waals surface area contributed by atoms with E-state index in [-0.39, 0.29) is 0 Å². The summed E-state index contributed by atoms with van der Waals surface area (Å²) in [7, 11) is 0. The zero-order valence-corrected chi connectivity index (χ0v) is 17.1. The molecule has 150 valence electrons. The normalized spacial score (nSPS) is 13.6. The third kappa shape index (κ3) is 3.71. The third-order valence-electron chi connectivity index (χ3n) is 5.78. The van der Waals surface area contributed by atoms with Crippen LogP contribution in [0.3, 0.4) is 0 Å². The molecule has 1 saturated carbocycles. The van der Waals surface area contributed by atoms with Crippen LogP contribution in [0, 0.1) is 0 Å². The molecule has 0 unspecified atom stereocenters. The number of hydrogen-bond donors (Lipinski definition) is 1. The first-order valence-corrected chi connectivity index (χ1v) is 10.5. The van der Waals surface area contributed by atoms with Gasteiger partial charge >= 0.3 is 5.97 Å². The summed E-state index contributed by atoms with van der Waals surface area (Å²) >= 11 is 6.31. The minimum absolute atomic E-state index is 0.316. The Morgan fingerprint density at radius 1 is 1.13 bits per heavy atom. The number of carbonyl (C=O) groups is 1. The SMILES string of the molecule is O=C(O)c1cc(C2CC2)cnc1Cc1ccc2c(ccn2Cc2ccccc2Cl)c1. The zero-order valence-electron chi connectivity index (χ0n) is 16.4. The molecule has 1 aliphatic carbocycles. The summed E-state index contributed by atoms with van der Waals surface area (Å²) < 4.78 is 2.17. The van der Waals surface area contributed by atoms with Crippen LogP contribution < -0.4 is 0 Å². The largest absolute Gasteiger partial charge is 0.478 e. The molecule has 30 heavy (non-hydrogen) atoms. The first-order chi connectivity index (χ1) is 14.6. The highest BCUT2D eigenvalue weighted by molar-refractivity contribution is 6.31. The fourth-order valence-corrected chi connectivity index (χ4v) is 4.17. The minimum atomic E-state index is -0.910. The first-order valence-electron chi connectivity index (χ1n) is 10.1. The smallest absolute Gasteiger partial charge is 0.337 e. The number of aromatic nitrogens is 2. The number of carboxylic acids is 1. The number of pyridine rings is 1. The van der Waals surface area contributed by atoms with Crippen molar-refractivity contribution in [3.8, 4) is 0 Å². The summed E-state index contributed by atoms with van der Waals surface area (Å²) in [6.45, 7) is 0.704. The van der Waals surface area contributed by atoms with Crippen LogP contribution in [-0.2, 0) is 13.0 Å². The number of halogens is 1. The average molecular weight is 417 g/mol. The maximum atomic E-state index is 11.8. The Hall–Kier alpha value is -3.11. The monoisotopic (exact) mass is 416 g/mol. The van der Waals surface area contributed by atoms with Crippen LogP contribution in [0.15, 0.2) is 67.0 Å². The molecule has 0 radical (unpaired) electrons. The Morgan fingerprint density at radius 2 is 1.97 bits per heavy atom. The van der Waals surface area contributed by atoms with E-state index in [1.807, 2.05) is 36.5 Å². The Labute approximate surface area is 179 Å². The zero-order chi connectivity index (χ0) is 20.7. The van der Waals surface area contributed by atoms with Gasteiger partial charge in [0.05, 0.1) is 11.3 Å². The van der Waals surface area contributed by atoms with Crippen molar-refractivity contribution < 1.29 is 9.90 Å². The molecule has 2 aromatic carbocycles. The van der Waals surface area contributed by atoms with Crippen LogP contribution in [0.5, 0.6) is 0 Å². The molecule has 4 aromatic rings. The number of aromatic carboxylic acids is 1. The lowest BCUT2D eigenvalue weighted by Gasteiger charge is -2.10. The van der Waals surface area contributed by atoms with Gasteiger partial charge in [-0.1, -0.05) is 35.9 Å². The molecule has 0 amide bonds. The average Bonchev–Trinajstić information content (AvgIpc) is 3.52. The van der Waals surface area contributed by atoms with Gasteiger partial charge in [0.2, 0.25) is 0 Å². The van der Waals surface area contributed by atoms with E-state index in [0.29, 0.717) is 30.1 Å². The molecule has 2 aromatic heterocycles. The predicted molar refractivity (Wildman–Crippen MR) is 118 cm³/mol. The second kappa shape index (κ2) is 7.62. The third-order valence-corrected chi connectivity index (χ3v) is 6.14. The number of nitrogens with zero attached hydrogens (tertiary/aromatic N) is 2. The van der Waals surface area contributed by atoms with Crippen molar-refractivity contribution in [2.45, 2.75) is 31.7 Å². The molecule has 0 aliphatic heterocycles. The highest BCUT2D eigenvalue weighted by atomic mass is 35.5. The highest BCUT2D eigenvalue weighted by Gasteiger charge is 2.25. The van der Waals surface area contributed by atoms with Gasteiger partial charge in [-0.3, -0.25) is 4.98 Å². The quantitative estimate of drug-likeness (QED) is 0.425. The number of benzene rings is 2. The van der Waals surface area contributed by atoms with Gasteiger partial charge in [-0.15, -0.1) is 0 Å². The van der Waals surface area contributed by atoms with Crippen LogP contribution in [0.25, 0.3) is 10.9 Å². The van der Waals surface area contributed by atoms with Crippen LogP contribution in [-0.4, -0.2) is 20.6 Å². The molecule has 0 bridgehead atoms. The lowest BCUT2D eigenvalue weighted by Crippen LogP contribution is -2.07. The molecule has 5 rings (SSSR count). The van der Waals surface area contributed by atoms with E-state index in [9.17, 15) is 9.90 Å². The summed E-state index contributed by atoms with van der Waals surface area (Å²) in [5.41, 5.74) is 5.22. The molecule has 1 fully saturated rings. The fourth-order valence-electron chi connectivity index (χ4n) is 3.98. The first kappa shape index (κ1) is 18.9. The van der Waals surface area contributed by atoms with Crippen molar-refractivity contribution in [2.24, 2.45) is 0 Å². The van der Waals surface area contributed by atoms with Crippen LogP contribution in [0.4, 0.5) is 0 Å². The predicted octanol–water partition coefficient (Wildman–Crippen LogP) is 5.90. The number of hydrogen-bond acceptors (Lipinski definition) is 2. The molecule has 5 heteroatoms. The second-order valence-electron chi connectivity index (χ2n) is 7.95. The summed E-state index contributed by atoms with van der Waals surface area (Å²) in [5, 5.41) is 11.5. The van der Waals surface area contributed by atoms with E-state index in [0.717, 1.165) is 45.5 Å². The summed E-state index contributed by atoms with van der Waals surface area (Å²) in [6.07, 6.45) is 6.66. The summed E-state index contributed by atoms with van der Waals surface area (Å²) in [6, 6.07) is 18.0. The van der Waals surface area contributed by atoms with Crippen LogP contribution >= 0.6 is 11.6 Å². The number of fused-ring (bicyclic) bond motifs is 1. The second-order valence-corrected chi connectivity index (χ2v) is 8.35. The van der Waals surface area contributed by atoms with Crippen LogP contribution in [0.2, 0.25) is 5.02 Å². The molecule has 2 heterocycles. The van der Waals surface area contributed by atoms with Crippen molar-refractivity contribution in [1.82, 2.24) is 9.55 Å². The van der Waals surface area contributed by atoms with Gasteiger partial charge < -0.3 is 9.67 Å². The van der Waals surface area contributed by atoms with E-state index in [4.69, 9.17) is 11.6 Å². The van der Waals surface area contributed by atoms with Gasteiger partial charge in [0.25, 0.3) is 0 Å². The van der Waals surface area contributed by atoms with E-state index in [1.165, 1.54) is 0 Å². The van der Waals surface area contributed by atoms with Crippen molar-refractivity contribution in [3.63, 3.8) is 0 Å². The Balaban J connectivity index is 1.42. The van der Waals surface area contributed by atoms with E-state index >= 15 is 0 Å². The molecule has 1 N–H and O–H groups in total. The van der Waals surface area contributed by atoms with E-state index < -0.39 is 5.97 Å². The van der Waals surface area contributed by atoms with Crippen molar-refractivity contribution in [2.75, 3.05) is 0 Å². The maximum absolute atomic E-state index is 11.8. The summed E-state index contributed by atoms with van der Waals surface area (Å²) in [5.74, 6) is -0.425. The van der Waals surface area contributed by atoms with Gasteiger partial charge in [0.15, 0.2) is 0 Å². The highest BCUT2D eigenvalue weighted by Crippen LogP contribution is 2.40. The maximum Gasteiger partial charge on any atom is 0.337 e. The van der Waals surface area contributed by atoms with E-state index in [1.54, 1.807) is 6.07 Å². The Bertz CT molecular complexity index is 1260. The Morgan fingerprint density at radius 3 is 2.73 bits per heavy atom. The van der Waals surface area contributed by atoms with Crippen molar-refractivity contribution >= 4 is 28.5 Å². The fraction of sp³-hybridized carbons (Fsp3) is 0.200. The molecular weight excluding hydrogens is 396 g/mol. The van der Waals surface area contributed by atoms with E-state index in [2.05, 4.69) is 33.9 Å². The topological polar surface area (TPSA) is 55.1 Å². The number of carboxylic acid groups (broad SMARTS) is 1. The summed E-state index contributed by atoms with van der Waals surface area (Å²) in [4.78, 5) is 16.3. The molecule has 0 saturated heterocycles. The lowest BCUT2D eigenvalue weighted by atomic mass is 10.0. The lowest BCUT2D eigenvalue weighted by molar-refractivity contribution is 0.0695. The minimum Gasteiger partial charge on any atom is -0.478 e. The standard InChI is InChI=1S/C25H21ClN2O2/c26-22-4-2-1-3-19(22)15-28-10-9-18-11-16(5-8-24(18)28)12-23-21(25(29)30)13-20(14-27-23)17-6-7-17/h1-5,8-11,13-14,17H,6-7,12,15H2,(H,29,30). The molecule has 0 atom stereocenters. The van der Waals surface area contributed by atoms with Gasteiger partial charge in [0, 0.05) is 35.9 Å². The molecular formula is C25H21ClN2O2. The van der Waals surface area contributed by atoms with Gasteiger partial charge in [0.1, 0.15) is 0 Å². The Kier molecular flexibility index (Phi) is 4.80. The van der Waals surface area contributed by atoms with Crippen LogP contribution in [0.1, 0.15) is 51.5 Å². The van der Waals surface area contributed by atoms with Crippen molar-refractivity contribution in [1.29, 1.82) is 0 Å². The number of rotatable bonds is 6. The van der Waals surface area contributed by atoms with Gasteiger partial charge in [-0.25, -0.2) is 4.79 Å².